The number of carbonyl (C=O) groups excluding carboxylic acids is 1. The van der Waals surface area contributed by atoms with E-state index in [0.29, 0.717) is 29.6 Å². The maximum atomic E-state index is 12.0. The van der Waals surface area contributed by atoms with Crippen molar-refractivity contribution in [3.63, 3.8) is 0 Å². The maximum Gasteiger partial charge on any atom is 0.341 e. The van der Waals surface area contributed by atoms with Crippen LogP contribution >= 0.6 is 0 Å². The summed E-state index contributed by atoms with van der Waals surface area (Å²) in [6, 6.07) is 1.59. The molecule has 1 aliphatic rings. The Morgan fingerprint density at radius 1 is 1.60 bits per heavy atom. The van der Waals surface area contributed by atoms with E-state index >= 15 is 0 Å². The lowest BCUT2D eigenvalue weighted by molar-refractivity contribution is 0.0460. The topological polar surface area (TPSA) is 88.7 Å². The summed E-state index contributed by atoms with van der Waals surface area (Å²) in [5, 5.41) is 9.33. The van der Waals surface area contributed by atoms with Gasteiger partial charge in [-0.05, 0) is 31.7 Å². The van der Waals surface area contributed by atoms with Crippen molar-refractivity contribution in [3.8, 4) is 0 Å². The van der Waals surface area contributed by atoms with Gasteiger partial charge in [0.2, 0.25) is 0 Å². The van der Waals surface area contributed by atoms with E-state index in [-0.39, 0.29) is 6.10 Å². The minimum atomic E-state index is -0.414. The molecule has 0 aliphatic heterocycles. The smallest absolute Gasteiger partial charge is 0.341 e. The summed E-state index contributed by atoms with van der Waals surface area (Å²) in [4.78, 5) is 18.1. The fraction of sp³-hybridized carbons (Fsp3) is 0.571. The molecule has 0 atom stereocenters. The van der Waals surface area contributed by atoms with Crippen LogP contribution in [-0.2, 0) is 4.74 Å². The van der Waals surface area contributed by atoms with Crippen molar-refractivity contribution in [3.05, 3.63) is 17.8 Å². The Hall–Kier alpha value is -1.82. The summed E-state index contributed by atoms with van der Waals surface area (Å²) in [5.74, 6) is 0.589. The van der Waals surface area contributed by atoms with Crippen LogP contribution in [0.5, 0.6) is 0 Å². The van der Waals surface area contributed by atoms with Crippen LogP contribution in [0.15, 0.2) is 12.3 Å². The van der Waals surface area contributed by atoms with Crippen LogP contribution in [0.1, 0.15) is 30.1 Å². The fourth-order valence-corrected chi connectivity index (χ4v) is 2.46. The molecule has 1 aromatic rings. The molecule has 1 fully saturated rings. The summed E-state index contributed by atoms with van der Waals surface area (Å²) in [6.45, 7) is 2.82. The molecule has 3 N–H and O–H groups in total. The molecule has 6 nitrogen and oxygen atoms in total. The van der Waals surface area contributed by atoms with E-state index in [9.17, 15) is 9.90 Å². The standard InChI is InChI=1S/C14H21N3O3/c1-3-20-14(19)12-6-10(15)7-16-13(12)17(2)8-9-4-11(18)5-9/h6-7,9,11,18H,3-5,8,15H2,1-2H3. The molecule has 0 unspecified atom stereocenters. The van der Waals surface area contributed by atoms with E-state index < -0.39 is 5.97 Å². The molecule has 110 valence electrons. The highest BCUT2D eigenvalue weighted by Gasteiger charge is 2.29. The number of aliphatic hydroxyl groups excluding tert-OH is 1. The normalized spacial score (nSPS) is 21.1. The fourth-order valence-electron chi connectivity index (χ4n) is 2.46. The van der Waals surface area contributed by atoms with Crippen LogP contribution in [0.25, 0.3) is 0 Å². The highest BCUT2D eigenvalue weighted by atomic mass is 16.5. The lowest BCUT2D eigenvalue weighted by Crippen LogP contribution is -2.37. The molecule has 2 rings (SSSR count). The third kappa shape index (κ3) is 3.19. The van der Waals surface area contributed by atoms with Gasteiger partial charge in [-0.25, -0.2) is 9.78 Å². The molecule has 0 bridgehead atoms. The summed E-state index contributed by atoms with van der Waals surface area (Å²) >= 11 is 0. The van der Waals surface area contributed by atoms with Crippen molar-refractivity contribution in [2.24, 2.45) is 5.92 Å². The number of ether oxygens (including phenoxy) is 1. The lowest BCUT2D eigenvalue weighted by Gasteiger charge is -2.35. The first kappa shape index (κ1) is 14.6. The Bertz CT molecular complexity index is 487. The van der Waals surface area contributed by atoms with E-state index in [4.69, 9.17) is 10.5 Å². The zero-order chi connectivity index (χ0) is 14.7. The van der Waals surface area contributed by atoms with Gasteiger partial charge in [-0.15, -0.1) is 0 Å². The first-order valence-corrected chi connectivity index (χ1v) is 6.83. The van der Waals surface area contributed by atoms with Gasteiger partial charge in [0.15, 0.2) is 0 Å². The number of anilines is 2. The Kier molecular flexibility index (Phi) is 4.44. The van der Waals surface area contributed by atoms with Gasteiger partial charge in [0.05, 0.1) is 24.6 Å². The largest absolute Gasteiger partial charge is 0.462 e. The number of nitrogen functional groups attached to an aromatic ring is 1. The Morgan fingerprint density at radius 2 is 2.30 bits per heavy atom. The second kappa shape index (κ2) is 6.09. The lowest BCUT2D eigenvalue weighted by atomic mass is 9.82. The van der Waals surface area contributed by atoms with Gasteiger partial charge in [0, 0.05) is 13.6 Å². The minimum absolute atomic E-state index is 0.183. The van der Waals surface area contributed by atoms with Gasteiger partial charge >= 0.3 is 5.97 Å². The molecule has 0 spiro atoms. The molecule has 6 heteroatoms. The summed E-state index contributed by atoms with van der Waals surface area (Å²) in [7, 11) is 1.88. The Labute approximate surface area is 118 Å². The molecular formula is C14H21N3O3. The number of esters is 1. The number of hydrogen-bond donors (Lipinski definition) is 2. The van der Waals surface area contributed by atoms with Gasteiger partial charge in [0.25, 0.3) is 0 Å². The maximum absolute atomic E-state index is 12.0. The van der Waals surface area contributed by atoms with Crippen LogP contribution < -0.4 is 10.6 Å². The number of aliphatic hydroxyl groups is 1. The average molecular weight is 279 g/mol. The van der Waals surface area contributed by atoms with Crippen LogP contribution in [0, 0.1) is 5.92 Å². The summed E-state index contributed by atoms with van der Waals surface area (Å²) < 4.78 is 5.03. The molecular weight excluding hydrogens is 258 g/mol. The second-order valence-electron chi connectivity index (χ2n) is 5.23. The predicted molar refractivity (Wildman–Crippen MR) is 76.6 cm³/mol. The number of rotatable bonds is 5. The number of hydrogen-bond acceptors (Lipinski definition) is 6. The van der Waals surface area contributed by atoms with E-state index in [2.05, 4.69) is 4.98 Å². The van der Waals surface area contributed by atoms with Gasteiger partial charge in [-0.3, -0.25) is 0 Å². The van der Waals surface area contributed by atoms with Crippen molar-refractivity contribution in [1.82, 2.24) is 4.98 Å². The molecule has 1 aliphatic carbocycles. The van der Waals surface area contributed by atoms with E-state index in [1.807, 2.05) is 11.9 Å². The Morgan fingerprint density at radius 3 is 2.90 bits per heavy atom. The molecule has 0 saturated heterocycles. The zero-order valence-electron chi connectivity index (χ0n) is 11.9. The van der Waals surface area contributed by atoms with E-state index in [0.717, 1.165) is 19.4 Å². The minimum Gasteiger partial charge on any atom is -0.462 e. The SMILES string of the molecule is CCOC(=O)c1cc(N)cnc1N(C)CC1CC(O)C1. The monoisotopic (exact) mass is 279 g/mol. The third-order valence-corrected chi connectivity index (χ3v) is 3.49. The molecule has 0 aromatic carbocycles. The highest BCUT2D eigenvalue weighted by Crippen LogP contribution is 2.29. The number of nitrogens with two attached hydrogens (primary N) is 1. The van der Waals surface area contributed by atoms with Crippen LogP contribution in [0.3, 0.4) is 0 Å². The number of nitrogens with zero attached hydrogens (tertiary/aromatic N) is 2. The zero-order valence-corrected chi connectivity index (χ0v) is 11.9. The van der Waals surface area contributed by atoms with Gasteiger partial charge in [-0.1, -0.05) is 0 Å². The average Bonchev–Trinajstić information content (AvgIpc) is 2.37. The number of aromatic nitrogens is 1. The summed E-state index contributed by atoms with van der Waals surface area (Å²) in [6.07, 6.45) is 2.95. The van der Waals surface area contributed by atoms with Crippen molar-refractivity contribution >= 4 is 17.5 Å². The van der Waals surface area contributed by atoms with Crippen LogP contribution in [-0.4, -0.2) is 42.4 Å². The molecule has 0 radical (unpaired) electrons. The predicted octanol–water partition coefficient (Wildman–Crippen LogP) is 1.05. The third-order valence-electron chi connectivity index (χ3n) is 3.49. The molecule has 0 amide bonds. The second-order valence-corrected chi connectivity index (χ2v) is 5.23. The molecule has 1 aromatic heterocycles. The van der Waals surface area contributed by atoms with Gasteiger partial charge in [-0.2, -0.15) is 0 Å². The van der Waals surface area contributed by atoms with E-state index in [1.54, 1.807) is 13.0 Å². The molecule has 20 heavy (non-hydrogen) atoms. The number of carbonyl (C=O) groups is 1. The van der Waals surface area contributed by atoms with Crippen LogP contribution in [0.4, 0.5) is 11.5 Å². The van der Waals surface area contributed by atoms with Gasteiger partial charge in [0.1, 0.15) is 11.4 Å². The quantitative estimate of drug-likeness (QED) is 0.783. The number of pyridine rings is 1. The van der Waals surface area contributed by atoms with Crippen molar-refractivity contribution in [2.75, 3.05) is 30.8 Å². The molecule has 1 heterocycles. The molecule has 1 saturated carbocycles. The van der Waals surface area contributed by atoms with Crippen molar-refractivity contribution in [1.29, 1.82) is 0 Å². The highest BCUT2D eigenvalue weighted by molar-refractivity contribution is 5.95. The van der Waals surface area contributed by atoms with Gasteiger partial charge < -0.3 is 20.5 Å². The first-order chi connectivity index (χ1) is 9.51. The van der Waals surface area contributed by atoms with Crippen LogP contribution in [0.2, 0.25) is 0 Å². The first-order valence-electron chi connectivity index (χ1n) is 6.83. The van der Waals surface area contributed by atoms with Crippen molar-refractivity contribution in [2.45, 2.75) is 25.9 Å². The van der Waals surface area contributed by atoms with Crippen molar-refractivity contribution < 1.29 is 14.6 Å². The summed E-state index contributed by atoms with van der Waals surface area (Å²) in [5.41, 5.74) is 6.51. The Balaban J connectivity index is 2.14. The van der Waals surface area contributed by atoms with E-state index in [1.165, 1.54) is 6.20 Å².